The molecule has 0 aliphatic rings. The van der Waals surface area contributed by atoms with Crippen molar-refractivity contribution in [2.75, 3.05) is 18.0 Å². The lowest BCUT2D eigenvalue weighted by Gasteiger charge is -2.23. The number of carbonyl (C=O) groups is 1. The number of hydrogen-bond acceptors (Lipinski definition) is 2. The summed E-state index contributed by atoms with van der Waals surface area (Å²) in [6.07, 6.45) is 6.83. The van der Waals surface area contributed by atoms with Gasteiger partial charge in [0.05, 0.1) is 6.54 Å². The summed E-state index contributed by atoms with van der Waals surface area (Å²) < 4.78 is 13.0. The van der Waals surface area contributed by atoms with Gasteiger partial charge in [-0.15, -0.1) is 6.42 Å². The van der Waals surface area contributed by atoms with Crippen LogP contribution in [0.15, 0.2) is 18.2 Å². The van der Waals surface area contributed by atoms with Crippen LogP contribution in [0.5, 0.6) is 0 Å². The Morgan fingerprint density at radius 3 is 2.88 bits per heavy atom. The Morgan fingerprint density at radius 1 is 1.56 bits per heavy atom. The lowest BCUT2D eigenvalue weighted by atomic mass is 10.1. The number of nitrogens with zero attached hydrogens (tertiary/aromatic N) is 1. The molecule has 0 spiro atoms. The van der Waals surface area contributed by atoms with E-state index in [1.54, 1.807) is 6.07 Å². The topological polar surface area (TPSA) is 20.3 Å². The highest BCUT2D eigenvalue weighted by atomic mass is 19.1. The second-order valence-electron chi connectivity index (χ2n) is 3.45. The number of rotatable bonds is 5. The number of benzene rings is 1. The van der Waals surface area contributed by atoms with Gasteiger partial charge in [0, 0.05) is 17.8 Å². The van der Waals surface area contributed by atoms with E-state index in [1.807, 2.05) is 11.8 Å². The fourth-order valence-corrected chi connectivity index (χ4v) is 1.57. The number of carbonyl (C=O) groups excluding carboxylic acids is 1. The second kappa shape index (κ2) is 5.92. The molecule has 0 aliphatic heterocycles. The van der Waals surface area contributed by atoms with E-state index in [0.717, 1.165) is 13.0 Å². The third kappa shape index (κ3) is 2.83. The third-order valence-corrected chi connectivity index (χ3v) is 2.23. The van der Waals surface area contributed by atoms with Gasteiger partial charge in [0.25, 0.3) is 0 Å². The molecular formula is C13H14FNO. The Bertz CT molecular complexity index is 409. The van der Waals surface area contributed by atoms with Crippen LogP contribution in [0.25, 0.3) is 0 Å². The fraction of sp³-hybridized carbons (Fsp3) is 0.308. The Morgan fingerprint density at radius 2 is 2.31 bits per heavy atom. The molecule has 0 N–H and O–H groups in total. The molecule has 0 fully saturated rings. The summed E-state index contributed by atoms with van der Waals surface area (Å²) in [5.74, 6) is 2.12. The molecule has 0 amide bonds. The molecule has 0 saturated heterocycles. The first-order chi connectivity index (χ1) is 7.72. The zero-order valence-corrected chi connectivity index (χ0v) is 9.24. The number of anilines is 1. The van der Waals surface area contributed by atoms with Gasteiger partial charge in [0.2, 0.25) is 0 Å². The van der Waals surface area contributed by atoms with Gasteiger partial charge in [-0.2, -0.15) is 0 Å². The van der Waals surface area contributed by atoms with Gasteiger partial charge in [-0.1, -0.05) is 12.8 Å². The first kappa shape index (κ1) is 12.3. The predicted octanol–water partition coefficient (Wildman–Crippen LogP) is 2.49. The monoisotopic (exact) mass is 219 g/mol. The van der Waals surface area contributed by atoms with Gasteiger partial charge < -0.3 is 4.90 Å². The fourth-order valence-electron chi connectivity index (χ4n) is 1.57. The van der Waals surface area contributed by atoms with Crippen LogP contribution < -0.4 is 4.90 Å². The minimum absolute atomic E-state index is 0.337. The lowest BCUT2D eigenvalue weighted by Crippen LogP contribution is -2.25. The number of halogens is 1. The van der Waals surface area contributed by atoms with Crippen molar-refractivity contribution < 1.29 is 9.18 Å². The van der Waals surface area contributed by atoms with Crippen LogP contribution in [-0.2, 0) is 0 Å². The number of aldehydes is 1. The summed E-state index contributed by atoms with van der Waals surface area (Å²) in [7, 11) is 0. The summed E-state index contributed by atoms with van der Waals surface area (Å²) in [4.78, 5) is 12.7. The maximum atomic E-state index is 13.0. The molecule has 2 nitrogen and oxygen atoms in total. The van der Waals surface area contributed by atoms with Gasteiger partial charge in [0.1, 0.15) is 5.82 Å². The van der Waals surface area contributed by atoms with E-state index in [2.05, 4.69) is 5.92 Å². The first-order valence-corrected chi connectivity index (χ1v) is 5.16. The molecule has 84 valence electrons. The minimum Gasteiger partial charge on any atom is -0.360 e. The summed E-state index contributed by atoms with van der Waals surface area (Å²) in [6, 6.07) is 4.15. The van der Waals surface area contributed by atoms with E-state index < -0.39 is 5.82 Å². The summed E-state index contributed by atoms with van der Waals surface area (Å²) in [5.41, 5.74) is 1.03. The quantitative estimate of drug-likeness (QED) is 0.560. The second-order valence-corrected chi connectivity index (χ2v) is 3.45. The number of terminal acetylenes is 1. The van der Waals surface area contributed by atoms with Gasteiger partial charge in [-0.05, 0) is 24.6 Å². The van der Waals surface area contributed by atoms with Crippen LogP contribution in [0, 0.1) is 18.2 Å². The van der Waals surface area contributed by atoms with Crippen molar-refractivity contribution in [1.82, 2.24) is 0 Å². The van der Waals surface area contributed by atoms with Gasteiger partial charge >= 0.3 is 0 Å². The summed E-state index contributed by atoms with van der Waals surface area (Å²) in [5, 5.41) is 0. The van der Waals surface area contributed by atoms with Crippen LogP contribution in [0.1, 0.15) is 23.7 Å². The molecule has 0 saturated carbocycles. The van der Waals surface area contributed by atoms with E-state index in [9.17, 15) is 9.18 Å². The zero-order valence-electron chi connectivity index (χ0n) is 9.24. The lowest BCUT2D eigenvalue weighted by molar-refractivity contribution is 0.112. The van der Waals surface area contributed by atoms with Crippen molar-refractivity contribution in [2.45, 2.75) is 13.3 Å². The average Bonchev–Trinajstić information content (AvgIpc) is 2.28. The highest BCUT2D eigenvalue weighted by molar-refractivity contribution is 5.84. The van der Waals surface area contributed by atoms with E-state index >= 15 is 0 Å². The van der Waals surface area contributed by atoms with E-state index in [4.69, 9.17) is 6.42 Å². The Balaban J connectivity index is 3.08. The SMILES string of the molecule is C#CCN(CCC)c1ccc(F)cc1C=O. The summed E-state index contributed by atoms with van der Waals surface area (Å²) in [6.45, 7) is 3.19. The minimum atomic E-state index is -0.414. The molecule has 0 unspecified atom stereocenters. The van der Waals surface area contributed by atoms with Crippen molar-refractivity contribution in [3.05, 3.63) is 29.6 Å². The maximum Gasteiger partial charge on any atom is 0.152 e. The molecule has 1 aromatic rings. The Hall–Kier alpha value is -1.82. The molecule has 0 atom stereocenters. The van der Waals surface area contributed by atoms with Gasteiger partial charge in [-0.25, -0.2) is 4.39 Å². The third-order valence-electron chi connectivity index (χ3n) is 2.23. The van der Waals surface area contributed by atoms with Crippen LogP contribution in [0.2, 0.25) is 0 Å². The molecule has 0 bridgehead atoms. The van der Waals surface area contributed by atoms with Crippen molar-refractivity contribution in [2.24, 2.45) is 0 Å². The van der Waals surface area contributed by atoms with Crippen LogP contribution in [0.3, 0.4) is 0 Å². The molecule has 0 aliphatic carbocycles. The zero-order chi connectivity index (χ0) is 12.0. The first-order valence-electron chi connectivity index (χ1n) is 5.16. The van der Waals surface area contributed by atoms with E-state index in [-0.39, 0.29) is 0 Å². The molecule has 0 heterocycles. The molecule has 0 radical (unpaired) electrons. The molecular weight excluding hydrogens is 205 g/mol. The standard InChI is InChI=1S/C13H14FNO/c1-3-7-15(8-4-2)13-6-5-12(14)9-11(13)10-16/h1,5-6,9-10H,4,7-8H2,2H3. The molecule has 0 aromatic heterocycles. The average molecular weight is 219 g/mol. The maximum absolute atomic E-state index is 13.0. The smallest absolute Gasteiger partial charge is 0.152 e. The summed E-state index contributed by atoms with van der Waals surface area (Å²) >= 11 is 0. The molecule has 16 heavy (non-hydrogen) atoms. The molecule has 3 heteroatoms. The highest BCUT2D eigenvalue weighted by Crippen LogP contribution is 2.20. The van der Waals surface area contributed by atoms with Crippen molar-refractivity contribution in [1.29, 1.82) is 0 Å². The van der Waals surface area contributed by atoms with E-state index in [1.165, 1.54) is 12.1 Å². The predicted molar refractivity (Wildman–Crippen MR) is 63.1 cm³/mol. The van der Waals surface area contributed by atoms with Crippen molar-refractivity contribution in [3.63, 3.8) is 0 Å². The largest absolute Gasteiger partial charge is 0.360 e. The Labute approximate surface area is 95.1 Å². The molecule has 1 aromatic carbocycles. The van der Waals surface area contributed by atoms with Crippen LogP contribution in [0.4, 0.5) is 10.1 Å². The Kier molecular flexibility index (Phi) is 4.53. The number of hydrogen-bond donors (Lipinski definition) is 0. The van der Waals surface area contributed by atoms with Crippen molar-refractivity contribution >= 4 is 12.0 Å². The molecule has 1 rings (SSSR count). The van der Waals surface area contributed by atoms with Crippen LogP contribution >= 0.6 is 0 Å². The van der Waals surface area contributed by atoms with Crippen molar-refractivity contribution in [3.8, 4) is 12.3 Å². The van der Waals surface area contributed by atoms with E-state index in [0.29, 0.717) is 24.1 Å². The van der Waals surface area contributed by atoms with Gasteiger partial charge in [0.15, 0.2) is 6.29 Å². The normalized spacial score (nSPS) is 9.56. The highest BCUT2D eigenvalue weighted by Gasteiger charge is 2.10. The van der Waals surface area contributed by atoms with Crippen LogP contribution in [-0.4, -0.2) is 19.4 Å². The van der Waals surface area contributed by atoms with Gasteiger partial charge in [-0.3, -0.25) is 4.79 Å².